The highest BCUT2D eigenvalue weighted by Crippen LogP contribution is 2.04. The van der Waals surface area contributed by atoms with Crippen LogP contribution in [0.2, 0.25) is 0 Å². The summed E-state index contributed by atoms with van der Waals surface area (Å²) >= 11 is 5.00. The van der Waals surface area contributed by atoms with Gasteiger partial charge in [0.15, 0.2) is 0 Å². The standard InChI is InChI=1S/C5H9NO.C2H5Cl/c1-6-4-2-3-5(6)7;1-2-3/h2-4H2,1H3;2H2,1H3. The molecule has 0 N–H and O–H groups in total. The largest absolute Gasteiger partial charge is 0.346 e. The minimum Gasteiger partial charge on any atom is -0.346 e. The van der Waals surface area contributed by atoms with E-state index in [0.29, 0.717) is 5.91 Å². The Labute approximate surface area is 67.2 Å². The third-order valence-electron chi connectivity index (χ3n) is 1.31. The summed E-state index contributed by atoms with van der Waals surface area (Å²) in [5.74, 6) is 1.01. The monoisotopic (exact) mass is 163 g/mol. The van der Waals surface area contributed by atoms with Crippen molar-refractivity contribution in [2.45, 2.75) is 19.8 Å². The van der Waals surface area contributed by atoms with E-state index in [1.54, 1.807) is 4.90 Å². The lowest BCUT2D eigenvalue weighted by Gasteiger charge is -2.03. The van der Waals surface area contributed by atoms with Gasteiger partial charge in [0, 0.05) is 25.9 Å². The molecule has 1 amide bonds. The van der Waals surface area contributed by atoms with Gasteiger partial charge in [-0.1, -0.05) is 6.92 Å². The summed E-state index contributed by atoms with van der Waals surface area (Å²) in [4.78, 5) is 12.3. The molecule has 2 nitrogen and oxygen atoms in total. The minimum absolute atomic E-state index is 0.292. The van der Waals surface area contributed by atoms with Crippen LogP contribution in [0.25, 0.3) is 0 Å². The molecule has 0 saturated carbocycles. The number of carbonyl (C=O) groups is 1. The fraction of sp³-hybridized carbons (Fsp3) is 0.857. The summed E-state index contributed by atoms with van der Waals surface area (Å²) in [5, 5.41) is 0. The van der Waals surface area contributed by atoms with Crippen molar-refractivity contribution in [3.8, 4) is 0 Å². The summed E-state index contributed by atoms with van der Waals surface area (Å²) in [5.41, 5.74) is 0. The van der Waals surface area contributed by atoms with Gasteiger partial charge in [0.05, 0.1) is 0 Å². The van der Waals surface area contributed by atoms with Gasteiger partial charge in [-0.3, -0.25) is 4.79 Å². The van der Waals surface area contributed by atoms with Crippen molar-refractivity contribution in [2.24, 2.45) is 0 Å². The highest BCUT2D eigenvalue weighted by molar-refractivity contribution is 6.17. The van der Waals surface area contributed by atoms with Crippen LogP contribution in [0.15, 0.2) is 0 Å². The van der Waals surface area contributed by atoms with Gasteiger partial charge in [0.1, 0.15) is 0 Å². The first-order valence-electron chi connectivity index (χ1n) is 3.52. The Bertz CT molecular complexity index is 106. The van der Waals surface area contributed by atoms with Crippen LogP contribution >= 0.6 is 11.6 Å². The Kier molecular flexibility index (Phi) is 5.40. The molecule has 1 saturated heterocycles. The van der Waals surface area contributed by atoms with Gasteiger partial charge in [-0.05, 0) is 6.42 Å². The normalized spacial score (nSPS) is 16.7. The third-order valence-corrected chi connectivity index (χ3v) is 1.31. The fourth-order valence-corrected chi connectivity index (χ4v) is 0.783. The zero-order chi connectivity index (χ0) is 7.98. The molecule has 0 atom stereocenters. The van der Waals surface area contributed by atoms with E-state index in [1.807, 2.05) is 14.0 Å². The summed E-state index contributed by atoms with van der Waals surface area (Å²) < 4.78 is 0. The topological polar surface area (TPSA) is 20.3 Å². The van der Waals surface area contributed by atoms with E-state index in [4.69, 9.17) is 11.6 Å². The molecule has 10 heavy (non-hydrogen) atoms. The van der Waals surface area contributed by atoms with E-state index in [2.05, 4.69) is 0 Å². The fourth-order valence-electron chi connectivity index (χ4n) is 0.783. The first kappa shape index (κ1) is 9.76. The van der Waals surface area contributed by atoms with E-state index in [-0.39, 0.29) is 0 Å². The second-order valence-electron chi connectivity index (χ2n) is 2.19. The molecule has 1 aliphatic heterocycles. The predicted molar refractivity (Wildman–Crippen MR) is 43.3 cm³/mol. The van der Waals surface area contributed by atoms with E-state index >= 15 is 0 Å². The molecule has 3 heteroatoms. The number of likely N-dealkylation sites (tertiary alicyclic amines) is 1. The molecule has 0 aromatic carbocycles. The summed E-state index contributed by atoms with van der Waals surface area (Å²) in [6, 6.07) is 0. The minimum atomic E-state index is 0.292. The van der Waals surface area contributed by atoms with Crippen LogP contribution in [0.5, 0.6) is 0 Å². The SMILES string of the molecule is CCCl.CN1CCCC1=O. The molecule has 1 aliphatic rings. The number of hydrogen-bond acceptors (Lipinski definition) is 1. The van der Waals surface area contributed by atoms with Crippen LogP contribution in [0, 0.1) is 0 Å². The molecule has 1 heterocycles. The average Bonchev–Trinajstić information content (AvgIpc) is 2.19. The molecular formula is C7H14ClNO. The molecule has 0 aliphatic carbocycles. The highest BCUT2D eigenvalue weighted by atomic mass is 35.5. The van der Waals surface area contributed by atoms with Gasteiger partial charge >= 0.3 is 0 Å². The van der Waals surface area contributed by atoms with Gasteiger partial charge in [-0.2, -0.15) is 0 Å². The molecule has 0 radical (unpaired) electrons. The van der Waals surface area contributed by atoms with Crippen LogP contribution in [0.3, 0.4) is 0 Å². The smallest absolute Gasteiger partial charge is 0.222 e. The first-order chi connectivity index (χ1) is 4.72. The number of halogens is 1. The van der Waals surface area contributed by atoms with Crippen molar-refractivity contribution in [1.82, 2.24) is 4.90 Å². The lowest BCUT2D eigenvalue weighted by Crippen LogP contribution is -2.17. The van der Waals surface area contributed by atoms with Crippen molar-refractivity contribution in [2.75, 3.05) is 19.5 Å². The van der Waals surface area contributed by atoms with E-state index in [9.17, 15) is 4.79 Å². The number of carbonyl (C=O) groups excluding carboxylic acids is 1. The van der Waals surface area contributed by atoms with E-state index in [0.717, 1.165) is 25.3 Å². The Morgan fingerprint density at radius 3 is 2.30 bits per heavy atom. The lowest BCUT2D eigenvalue weighted by atomic mass is 10.4. The van der Waals surface area contributed by atoms with Crippen molar-refractivity contribution in [1.29, 1.82) is 0 Å². The second kappa shape index (κ2) is 5.54. The van der Waals surface area contributed by atoms with Crippen LogP contribution in [-0.2, 0) is 4.79 Å². The van der Waals surface area contributed by atoms with Crippen LogP contribution in [-0.4, -0.2) is 30.3 Å². The van der Waals surface area contributed by atoms with E-state index in [1.165, 1.54) is 0 Å². The van der Waals surface area contributed by atoms with Gasteiger partial charge < -0.3 is 4.90 Å². The predicted octanol–water partition coefficient (Wildman–Crippen LogP) is 1.48. The van der Waals surface area contributed by atoms with E-state index < -0.39 is 0 Å². The summed E-state index contributed by atoms with van der Waals surface area (Å²) in [6.07, 6.45) is 1.81. The summed E-state index contributed by atoms with van der Waals surface area (Å²) in [6.45, 7) is 2.85. The number of nitrogens with zero attached hydrogens (tertiary/aromatic N) is 1. The second-order valence-corrected chi connectivity index (χ2v) is 2.72. The number of amides is 1. The summed E-state index contributed by atoms with van der Waals surface area (Å²) in [7, 11) is 1.84. The molecule has 0 bridgehead atoms. The average molecular weight is 164 g/mol. The Hall–Kier alpha value is -0.240. The third kappa shape index (κ3) is 3.72. The molecule has 60 valence electrons. The van der Waals surface area contributed by atoms with Crippen molar-refractivity contribution in [3.63, 3.8) is 0 Å². The van der Waals surface area contributed by atoms with Gasteiger partial charge in [-0.25, -0.2) is 0 Å². The Morgan fingerprint density at radius 2 is 2.20 bits per heavy atom. The van der Waals surface area contributed by atoms with Gasteiger partial charge in [-0.15, -0.1) is 11.6 Å². The van der Waals surface area contributed by atoms with Gasteiger partial charge in [0.25, 0.3) is 0 Å². The van der Waals surface area contributed by atoms with Gasteiger partial charge in [0.2, 0.25) is 5.91 Å². The van der Waals surface area contributed by atoms with Crippen molar-refractivity contribution < 1.29 is 4.79 Å². The molecule has 0 unspecified atom stereocenters. The van der Waals surface area contributed by atoms with Crippen LogP contribution < -0.4 is 0 Å². The number of alkyl halides is 1. The maximum absolute atomic E-state index is 10.5. The molecule has 1 fully saturated rings. The lowest BCUT2D eigenvalue weighted by molar-refractivity contribution is -0.126. The molecule has 0 spiro atoms. The zero-order valence-corrected chi connectivity index (χ0v) is 7.32. The van der Waals surface area contributed by atoms with Crippen molar-refractivity contribution >= 4 is 17.5 Å². The number of rotatable bonds is 0. The molecule has 0 aromatic rings. The van der Waals surface area contributed by atoms with Crippen LogP contribution in [0.1, 0.15) is 19.8 Å². The molecule has 1 rings (SSSR count). The zero-order valence-electron chi connectivity index (χ0n) is 6.56. The quantitative estimate of drug-likeness (QED) is 0.496. The molecule has 0 aromatic heterocycles. The van der Waals surface area contributed by atoms with Crippen molar-refractivity contribution in [3.05, 3.63) is 0 Å². The number of hydrogen-bond donors (Lipinski definition) is 0. The van der Waals surface area contributed by atoms with Crippen LogP contribution in [0.4, 0.5) is 0 Å². The first-order valence-corrected chi connectivity index (χ1v) is 4.05. The Morgan fingerprint density at radius 1 is 1.70 bits per heavy atom. The maximum Gasteiger partial charge on any atom is 0.222 e. The maximum atomic E-state index is 10.5. The Balaban J connectivity index is 0.000000236. The molecular weight excluding hydrogens is 150 g/mol. The highest BCUT2D eigenvalue weighted by Gasteiger charge is 2.14.